The van der Waals surface area contributed by atoms with E-state index in [4.69, 9.17) is 0 Å². The lowest BCUT2D eigenvalue weighted by Crippen LogP contribution is -2.33. The fourth-order valence-corrected chi connectivity index (χ4v) is 3.10. The molecule has 0 radical (unpaired) electrons. The molecule has 0 bridgehead atoms. The topological polar surface area (TPSA) is 96.0 Å². The molecule has 0 aliphatic heterocycles. The van der Waals surface area contributed by atoms with Gasteiger partial charge >= 0.3 is 6.18 Å². The average Bonchev–Trinajstić information content (AvgIpc) is 3.16. The van der Waals surface area contributed by atoms with Gasteiger partial charge < -0.3 is 16.0 Å². The number of nitrogens with zero attached hydrogens (tertiary/aromatic N) is 2. The fraction of sp³-hybridized carbons (Fsp3) is 0.222. The number of halogens is 4. The van der Waals surface area contributed by atoms with Gasteiger partial charge in [-0.3, -0.25) is 9.59 Å². The zero-order valence-electron chi connectivity index (χ0n) is 15.4. The van der Waals surface area contributed by atoms with Gasteiger partial charge in [0.2, 0.25) is 5.91 Å². The van der Waals surface area contributed by atoms with Gasteiger partial charge in [0.15, 0.2) is 0 Å². The highest BCUT2D eigenvalue weighted by molar-refractivity contribution is 7.00. The summed E-state index contributed by atoms with van der Waals surface area (Å²) in [4.78, 5) is 24.2. The summed E-state index contributed by atoms with van der Waals surface area (Å²) in [5, 5.41) is 7.03. The number of alkyl halides is 3. The molecular weight excluding hydrogens is 426 g/mol. The Morgan fingerprint density at radius 3 is 2.63 bits per heavy atom. The minimum atomic E-state index is -4.59. The molecule has 3 N–H and O–H groups in total. The second-order valence-corrected chi connectivity index (χ2v) is 6.80. The van der Waals surface area contributed by atoms with Crippen molar-refractivity contribution < 1.29 is 27.2 Å². The number of hydrogen-bond acceptors (Lipinski definition) is 6. The van der Waals surface area contributed by atoms with Crippen LogP contribution in [0.25, 0.3) is 11.0 Å². The Bertz CT molecular complexity index is 1100. The van der Waals surface area contributed by atoms with E-state index >= 15 is 0 Å². The van der Waals surface area contributed by atoms with Gasteiger partial charge in [0.1, 0.15) is 23.4 Å². The van der Waals surface area contributed by atoms with Gasteiger partial charge in [-0.05, 0) is 31.2 Å². The molecule has 3 aromatic rings. The lowest BCUT2D eigenvalue weighted by atomic mass is 10.1. The van der Waals surface area contributed by atoms with Crippen molar-refractivity contribution in [3.63, 3.8) is 0 Å². The van der Waals surface area contributed by atoms with E-state index in [0.717, 1.165) is 17.8 Å². The van der Waals surface area contributed by atoms with E-state index in [1.54, 1.807) is 23.5 Å². The molecule has 7 nitrogen and oxygen atoms in total. The van der Waals surface area contributed by atoms with Gasteiger partial charge in [-0.15, -0.1) is 0 Å². The maximum absolute atomic E-state index is 14.1. The van der Waals surface area contributed by atoms with E-state index in [9.17, 15) is 27.2 Å². The molecule has 2 aromatic carbocycles. The van der Waals surface area contributed by atoms with E-state index in [1.165, 1.54) is 13.0 Å². The maximum atomic E-state index is 14.1. The Labute approximate surface area is 171 Å². The van der Waals surface area contributed by atoms with Gasteiger partial charge in [-0.25, -0.2) is 4.39 Å². The summed E-state index contributed by atoms with van der Waals surface area (Å²) in [7, 11) is 0. The van der Waals surface area contributed by atoms with Crippen molar-refractivity contribution in [2.75, 3.05) is 23.7 Å². The molecule has 0 aliphatic carbocycles. The number of nitrogens with one attached hydrogen (secondary N) is 3. The number of aromatic nitrogens is 2. The van der Waals surface area contributed by atoms with Crippen molar-refractivity contribution >= 4 is 46.0 Å². The lowest BCUT2D eigenvalue weighted by Gasteiger charge is -2.14. The second kappa shape index (κ2) is 8.61. The number of carbonyl (C=O) groups is 2. The van der Waals surface area contributed by atoms with Crippen molar-refractivity contribution in [1.82, 2.24) is 14.1 Å². The highest BCUT2D eigenvalue weighted by Gasteiger charge is 2.28. The molecule has 0 saturated carbocycles. The van der Waals surface area contributed by atoms with Crippen LogP contribution in [0.4, 0.5) is 28.9 Å². The quantitative estimate of drug-likeness (QED) is 0.509. The van der Waals surface area contributed by atoms with Gasteiger partial charge in [0.25, 0.3) is 5.91 Å². The smallest absolute Gasteiger partial charge is 0.376 e. The van der Waals surface area contributed by atoms with Crippen LogP contribution in [0, 0.1) is 12.7 Å². The normalized spacial score (nSPS) is 11.4. The van der Waals surface area contributed by atoms with Gasteiger partial charge in [0, 0.05) is 16.8 Å². The molecule has 30 heavy (non-hydrogen) atoms. The Hall–Kier alpha value is -3.28. The molecule has 1 aromatic heterocycles. The van der Waals surface area contributed by atoms with Crippen molar-refractivity contribution in [2.45, 2.75) is 13.1 Å². The highest BCUT2D eigenvalue weighted by atomic mass is 32.1. The molecule has 2 amide bonds. The molecule has 0 saturated heterocycles. The number of carbonyl (C=O) groups excluding carboxylic acids is 2. The molecule has 12 heteroatoms. The summed E-state index contributed by atoms with van der Waals surface area (Å²) in [5.41, 5.74) is 1.53. The Balaban J connectivity index is 1.68. The molecule has 158 valence electrons. The van der Waals surface area contributed by atoms with Crippen LogP contribution in [0.5, 0.6) is 0 Å². The maximum Gasteiger partial charge on any atom is 0.405 e. The number of rotatable bonds is 6. The van der Waals surface area contributed by atoms with E-state index in [0.29, 0.717) is 16.7 Å². The van der Waals surface area contributed by atoms with Crippen LogP contribution in [0.2, 0.25) is 0 Å². The Morgan fingerprint density at radius 1 is 1.13 bits per heavy atom. The first-order valence-corrected chi connectivity index (χ1v) is 9.27. The van der Waals surface area contributed by atoms with Crippen LogP contribution in [0.3, 0.4) is 0 Å². The van der Waals surface area contributed by atoms with Gasteiger partial charge in [-0.1, -0.05) is 6.07 Å². The Kier molecular flexibility index (Phi) is 6.15. The van der Waals surface area contributed by atoms with Crippen LogP contribution < -0.4 is 16.0 Å². The highest BCUT2D eigenvalue weighted by Crippen LogP contribution is 2.23. The van der Waals surface area contributed by atoms with Crippen molar-refractivity contribution in [3.05, 3.63) is 47.3 Å². The van der Waals surface area contributed by atoms with Crippen LogP contribution in [0.15, 0.2) is 30.3 Å². The molecule has 0 aliphatic rings. The summed E-state index contributed by atoms with van der Waals surface area (Å²) >= 11 is 1.00. The summed E-state index contributed by atoms with van der Waals surface area (Å²) in [5.74, 6) is -2.35. The standard InChI is InChI=1S/C18H15F4N5O2S/c1-9-11(19)5-10(17(29)24-8-18(20,21)22)6-14(9)23-7-15(28)25-12-3-2-4-13-16(12)27-30-26-13/h2-6,23H,7-8H2,1H3,(H,24,29)(H,25,28). The Morgan fingerprint density at radius 2 is 1.90 bits per heavy atom. The number of anilines is 2. The van der Waals surface area contributed by atoms with Gasteiger partial charge in [0.05, 0.1) is 24.0 Å². The molecule has 0 spiro atoms. The predicted molar refractivity (Wildman–Crippen MR) is 104 cm³/mol. The SMILES string of the molecule is Cc1c(F)cc(C(=O)NCC(F)(F)F)cc1NCC(=O)Nc1cccc2nsnc12. The number of hydrogen-bond donors (Lipinski definition) is 3. The largest absolute Gasteiger partial charge is 0.405 e. The van der Waals surface area contributed by atoms with Crippen LogP contribution in [0.1, 0.15) is 15.9 Å². The number of amides is 2. The third-order valence-corrected chi connectivity index (χ3v) is 4.60. The van der Waals surface area contributed by atoms with E-state index in [1.807, 2.05) is 0 Å². The molecule has 0 fully saturated rings. The van der Waals surface area contributed by atoms with E-state index < -0.39 is 30.4 Å². The summed E-state index contributed by atoms with van der Waals surface area (Å²) in [6.45, 7) is -0.403. The van der Waals surface area contributed by atoms with E-state index in [-0.39, 0.29) is 23.4 Å². The lowest BCUT2D eigenvalue weighted by molar-refractivity contribution is -0.123. The first-order chi connectivity index (χ1) is 14.1. The predicted octanol–water partition coefficient (Wildman–Crippen LogP) is 3.48. The molecular formula is C18H15F4N5O2S. The third-order valence-electron chi connectivity index (χ3n) is 4.06. The summed E-state index contributed by atoms with van der Waals surface area (Å²) < 4.78 is 59.1. The first-order valence-electron chi connectivity index (χ1n) is 8.54. The van der Waals surface area contributed by atoms with Crippen molar-refractivity contribution in [1.29, 1.82) is 0 Å². The van der Waals surface area contributed by atoms with Crippen LogP contribution in [-0.4, -0.2) is 39.8 Å². The van der Waals surface area contributed by atoms with E-state index in [2.05, 4.69) is 19.4 Å². The zero-order valence-corrected chi connectivity index (χ0v) is 16.2. The molecule has 1 heterocycles. The number of benzene rings is 2. The fourth-order valence-electron chi connectivity index (χ4n) is 2.55. The monoisotopic (exact) mass is 441 g/mol. The molecule has 3 rings (SSSR count). The average molecular weight is 441 g/mol. The van der Waals surface area contributed by atoms with Crippen LogP contribution >= 0.6 is 11.7 Å². The molecule has 0 unspecified atom stereocenters. The summed E-state index contributed by atoms with van der Waals surface area (Å²) in [6, 6.07) is 7.12. The van der Waals surface area contributed by atoms with Crippen molar-refractivity contribution in [3.8, 4) is 0 Å². The summed E-state index contributed by atoms with van der Waals surface area (Å²) in [6.07, 6.45) is -4.59. The zero-order chi connectivity index (χ0) is 21.9. The second-order valence-electron chi connectivity index (χ2n) is 6.27. The first kappa shape index (κ1) is 21.4. The minimum absolute atomic E-state index is 0.107. The number of fused-ring (bicyclic) bond motifs is 1. The minimum Gasteiger partial charge on any atom is -0.376 e. The third kappa shape index (κ3) is 5.20. The van der Waals surface area contributed by atoms with Crippen LogP contribution in [-0.2, 0) is 4.79 Å². The van der Waals surface area contributed by atoms with Crippen molar-refractivity contribution in [2.24, 2.45) is 0 Å². The molecule has 0 atom stereocenters. The van der Waals surface area contributed by atoms with Gasteiger partial charge in [-0.2, -0.15) is 21.9 Å².